The highest BCUT2D eigenvalue weighted by Gasteiger charge is 2.17. The van der Waals surface area contributed by atoms with Crippen LogP contribution in [0.15, 0.2) is 29.2 Å². The van der Waals surface area contributed by atoms with Gasteiger partial charge in [-0.05, 0) is 48.5 Å². The minimum Gasteiger partial charge on any atom is -0.326 e. The molecule has 1 saturated heterocycles. The Morgan fingerprint density at radius 3 is 2.70 bits per heavy atom. The van der Waals surface area contributed by atoms with Gasteiger partial charge in [-0.25, -0.2) is 13.6 Å². The van der Waals surface area contributed by atoms with Crippen molar-refractivity contribution in [2.45, 2.75) is 24.2 Å². The minimum absolute atomic E-state index is 0.00404. The topological polar surface area (TPSA) is 89.3 Å². The molecule has 2 rings (SSSR count). The minimum atomic E-state index is -3.74. The van der Waals surface area contributed by atoms with Crippen LogP contribution in [0, 0.1) is 5.92 Å². The fraction of sp³-hybridized carbons (Fsp3) is 0.462. The van der Waals surface area contributed by atoms with Crippen LogP contribution in [0.25, 0.3) is 0 Å². The van der Waals surface area contributed by atoms with Gasteiger partial charge in [0, 0.05) is 12.1 Å². The molecule has 20 heavy (non-hydrogen) atoms. The lowest BCUT2D eigenvalue weighted by Gasteiger charge is -2.20. The number of sulfonamides is 1. The first-order chi connectivity index (χ1) is 9.45. The van der Waals surface area contributed by atoms with Crippen molar-refractivity contribution in [1.82, 2.24) is 0 Å². The molecule has 0 aromatic heterocycles. The third-order valence-corrected chi connectivity index (χ3v) is 5.22. The van der Waals surface area contributed by atoms with Crippen molar-refractivity contribution in [3.63, 3.8) is 0 Å². The van der Waals surface area contributed by atoms with Gasteiger partial charge in [-0.2, -0.15) is 11.8 Å². The van der Waals surface area contributed by atoms with Gasteiger partial charge in [-0.15, -0.1) is 0 Å². The largest absolute Gasteiger partial charge is 0.326 e. The Balaban J connectivity index is 1.97. The molecule has 5 nitrogen and oxygen atoms in total. The molecule has 1 aliphatic rings. The summed E-state index contributed by atoms with van der Waals surface area (Å²) < 4.78 is 22.5. The number of hydrogen-bond donors (Lipinski definition) is 2. The van der Waals surface area contributed by atoms with Crippen LogP contribution < -0.4 is 10.5 Å². The van der Waals surface area contributed by atoms with Crippen LogP contribution in [0.5, 0.6) is 0 Å². The second kappa shape index (κ2) is 6.60. The molecular weight excluding hydrogens is 296 g/mol. The summed E-state index contributed by atoms with van der Waals surface area (Å²) >= 11 is 1.92. The standard InChI is InChI=1S/C13H18N2O3S2/c14-20(17,18)12-3-1-2-11(9-12)15-13(16)8-10-4-6-19-7-5-10/h1-3,9-10H,4-8H2,(H,15,16)(H2,14,17,18). The van der Waals surface area contributed by atoms with E-state index in [4.69, 9.17) is 5.14 Å². The quantitative estimate of drug-likeness (QED) is 0.887. The van der Waals surface area contributed by atoms with Crippen LogP contribution in [-0.2, 0) is 14.8 Å². The van der Waals surface area contributed by atoms with E-state index in [1.807, 2.05) is 11.8 Å². The molecule has 0 bridgehead atoms. The molecule has 1 amide bonds. The molecule has 1 fully saturated rings. The number of benzene rings is 1. The van der Waals surface area contributed by atoms with Gasteiger partial charge >= 0.3 is 0 Å². The van der Waals surface area contributed by atoms with Crippen LogP contribution >= 0.6 is 11.8 Å². The van der Waals surface area contributed by atoms with Crippen LogP contribution in [0.1, 0.15) is 19.3 Å². The van der Waals surface area contributed by atoms with E-state index < -0.39 is 10.0 Å². The molecule has 0 spiro atoms. The van der Waals surface area contributed by atoms with Crippen molar-refractivity contribution in [2.75, 3.05) is 16.8 Å². The van der Waals surface area contributed by atoms with Crippen molar-refractivity contribution in [3.05, 3.63) is 24.3 Å². The number of carbonyl (C=O) groups is 1. The lowest BCUT2D eigenvalue weighted by atomic mass is 9.98. The molecule has 0 aliphatic carbocycles. The lowest BCUT2D eigenvalue weighted by molar-refractivity contribution is -0.117. The zero-order valence-electron chi connectivity index (χ0n) is 11.0. The molecule has 1 aromatic carbocycles. The molecule has 7 heteroatoms. The summed E-state index contributed by atoms with van der Waals surface area (Å²) in [7, 11) is -3.74. The van der Waals surface area contributed by atoms with Crippen molar-refractivity contribution >= 4 is 33.4 Å². The molecule has 1 aliphatic heterocycles. The Kier molecular flexibility index (Phi) is 5.06. The molecule has 110 valence electrons. The Bertz CT molecular complexity index is 581. The average Bonchev–Trinajstić information content (AvgIpc) is 2.39. The number of thioether (sulfide) groups is 1. The number of anilines is 1. The maximum atomic E-state index is 11.9. The van der Waals surface area contributed by atoms with Gasteiger partial charge in [0.05, 0.1) is 4.90 Å². The van der Waals surface area contributed by atoms with Crippen molar-refractivity contribution < 1.29 is 13.2 Å². The number of rotatable bonds is 4. The van der Waals surface area contributed by atoms with E-state index in [1.165, 1.54) is 12.1 Å². The predicted octanol–water partition coefficient (Wildman–Crippen LogP) is 1.81. The number of carbonyl (C=O) groups excluding carboxylic acids is 1. The Morgan fingerprint density at radius 2 is 2.05 bits per heavy atom. The highest BCUT2D eigenvalue weighted by molar-refractivity contribution is 7.99. The first-order valence-corrected chi connectivity index (χ1v) is 9.16. The summed E-state index contributed by atoms with van der Waals surface area (Å²) in [4.78, 5) is 11.9. The molecule has 3 N–H and O–H groups in total. The van der Waals surface area contributed by atoms with E-state index >= 15 is 0 Å². The van der Waals surface area contributed by atoms with Gasteiger partial charge in [0.15, 0.2) is 0 Å². The van der Waals surface area contributed by atoms with E-state index in [9.17, 15) is 13.2 Å². The van der Waals surface area contributed by atoms with Crippen LogP contribution in [-0.4, -0.2) is 25.8 Å². The Labute approximate surface area is 123 Å². The second-order valence-corrected chi connectivity index (χ2v) is 7.67. The SMILES string of the molecule is NS(=O)(=O)c1cccc(NC(=O)CC2CCSCC2)c1. The maximum absolute atomic E-state index is 11.9. The molecule has 0 atom stereocenters. The zero-order chi connectivity index (χ0) is 14.6. The highest BCUT2D eigenvalue weighted by atomic mass is 32.2. The summed E-state index contributed by atoms with van der Waals surface area (Å²) in [5.74, 6) is 2.57. The van der Waals surface area contributed by atoms with Crippen molar-refractivity contribution in [3.8, 4) is 0 Å². The molecular formula is C13H18N2O3S2. The molecule has 0 unspecified atom stereocenters. The fourth-order valence-electron chi connectivity index (χ4n) is 2.18. The van der Waals surface area contributed by atoms with Gasteiger partial charge in [0.1, 0.15) is 0 Å². The van der Waals surface area contributed by atoms with Gasteiger partial charge in [0.25, 0.3) is 0 Å². The van der Waals surface area contributed by atoms with Gasteiger partial charge in [-0.1, -0.05) is 6.07 Å². The summed E-state index contributed by atoms with van der Waals surface area (Å²) in [6.45, 7) is 0. The fourth-order valence-corrected chi connectivity index (χ4v) is 3.94. The maximum Gasteiger partial charge on any atom is 0.238 e. The summed E-state index contributed by atoms with van der Waals surface area (Å²) in [6.07, 6.45) is 2.62. The highest BCUT2D eigenvalue weighted by Crippen LogP contribution is 2.25. The number of primary sulfonamides is 1. The summed E-state index contributed by atoms with van der Waals surface area (Å²) in [5.41, 5.74) is 0.465. The smallest absolute Gasteiger partial charge is 0.238 e. The second-order valence-electron chi connectivity index (χ2n) is 4.88. The van der Waals surface area contributed by atoms with Crippen molar-refractivity contribution in [2.24, 2.45) is 11.1 Å². The normalized spacial score (nSPS) is 16.9. The van der Waals surface area contributed by atoms with Crippen LogP contribution in [0.3, 0.4) is 0 Å². The van der Waals surface area contributed by atoms with E-state index in [2.05, 4.69) is 5.32 Å². The van der Waals surface area contributed by atoms with E-state index in [-0.39, 0.29) is 10.8 Å². The zero-order valence-corrected chi connectivity index (χ0v) is 12.7. The number of nitrogens with one attached hydrogen (secondary N) is 1. The molecule has 0 saturated carbocycles. The number of hydrogen-bond acceptors (Lipinski definition) is 4. The van der Waals surface area contributed by atoms with Crippen LogP contribution in [0.4, 0.5) is 5.69 Å². The van der Waals surface area contributed by atoms with Gasteiger partial charge in [-0.3, -0.25) is 4.79 Å². The van der Waals surface area contributed by atoms with E-state index in [1.54, 1.807) is 12.1 Å². The monoisotopic (exact) mass is 314 g/mol. The van der Waals surface area contributed by atoms with Gasteiger partial charge < -0.3 is 5.32 Å². The molecule has 0 radical (unpaired) electrons. The summed E-state index contributed by atoms with van der Waals surface area (Å²) in [6, 6.07) is 6.00. The first-order valence-electron chi connectivity index (χ1n) is 6.45. The van der Waals surface area contributed by atoms with Gasteiger partial charge in [0.2, 0.25) is 15.9 Å². The van der Waals surface area contributed by atoms with Crippen LogP contribution in [0.2, 0.25) is 0 Å². The number of amides is 1. The average molecular weight is 314 g/mol. The Hall–Kier alpha value is -1.05. The summed E-state index contributed by atoms with van der Waals surface area (Å²) in [5, 5.41) is 7.80. The van der Waals surface area contributed by atoms with Crippen molar-refractivity contribution in [1.29, 1.82) is 0 Å². The third kappa shape index (κ3) is 4.50. The first kappa shape index (κ1) is 15.3. The predicted molar refractivity (Wildman–Crippen MR) is 81.1 cm³/mol. The van der Waals surface area contributed by atoms with E-state index in [0.717, 1.165) is 24.3 Å². The Morgan fingerprint density at radius 1 is 1.35 bits per heavy atom. The molecule has 1 heterocycles. The lowest BCUT2D eigenvalue weighted by Crippen LogP contribution is -2.20. The van der Waals surface area contributed by atoms with E-state index in [0.29, 0.717) is 18.0 Å². The third-order valence-electron chi connectivity index (χ3n) is 3.26. The molecule has 1 aromatic rings. The number of nitrogens with two attached hydrogens (primary N) is 1.